The van der Waals surface area contributed by atoms with Gasteiger partial charge in [-0.05, 0) is 44.5 Å². The van der Waals surface area contributed by atoms with Crippen LogP contribution in [0.5, 0.6) is 11.6 Å². The number of hydrogen-bond acceptors (Lipinski definition) is 5. The third kappa shape index (κ3) is 3.09. The molecular weight excluding hydrogens is 366 g/mol. The minimum atomic E-state index is -0.784. The molecule has 0 saturated carbocycles. The molecule has 0 aliphatic rings. The number of fused-ring (bicyclic) bond motifs is 1. The minimum Gasteiger partial charge on any atom is -0.497 e. The Morgan fingerprint density at radius 1 is 1.21 bits per heavy atom. The van der Waals surface area contributed by atoms with Crippen molar-refractivity contribution in [2.24, 2.45) is 0 Å². The first kappa shape index (κ1) is 18.6. The third-order valence-corrected chi connectivity index (χ3v) is 5.01. The number of aromatic nitrogens is 4. The summed E-state index contributed by atoms with van der Waals surface area (Å²) in [5.74, 6) is 0.853. The van der Waals surface area contributed by atoms with Crippen molar-refractivity contribution < 1.29 is 9.84 Å². The molecule has 1 aromatic carbocycles. The molecule has 0 aliphatic heterocycles. The van der Waals surface area contributed by atoms with Crippen LogP contribution in [0.4, 0.5) is 0 Å². The third-order valence-electron chi connectivity index (χ3n) is 5.01. The van der Waals surface area contributed by atoms with Crippen molar-refractivity contribution in [3.63, 3.8) is 0 Å². The molecule has 0 bridgehead atoms. The van der Waals surface area contributed by atoms with E-state index in [2.05, 4.69) is 11.2 Å². The van der Waals surface area contributed by atoms with Crippen LogP contribution in [0.1, 0.15) is 19.4 Å². The summed E-state index contributed by atoms with van der Waals surface area (Å²) in [6.07, 6.45) is 5.14. The number of aryl methyl sites for hydroxylation is 1. The van der Waals surface area contributed by atoms with E-state index in [0.29, 0.717) is 16.6 Å². The van der Waals surface area contributed by atoms with Gasteiger partial charge in [-0.25, -0.2) is 4.98 Å². The number of aromatic hydroxyl groups is 1. The lowest BCUT2D eigenvalue weighted by Crippen LogP contribution is -2.24. The van der Waals surface area contributed by atoms with Crippen molar-refractivity contribution >= 4 is 10.9 Å². The average Bonchev–Trinajstić information content (AvgIpc) is 3.33. The molecule has 29 heavy (non-hydrogen) atoms. The van der Waals surface area contributed by atoms with Crippen LogP contribution >= 0.6 is 0 Å². The fourth-order valence-corrected chi connectivity index (χ4v) is 3.31. The van der Waals surface area contributed by atoms with Gasteiger partial charge in [0.25, 0.3) is 0 Å². The fourth-order valence-electron chi connectivity index (χ4n) is 3.31. The summed E-state index contributed by atoms with van der Waals surface area (Å²) >= 11 is 0. The number of nitriles is 1. The topological polar surface area (TPSA) is 88.9 Å². The monoisotopic (exact) mass is 387 g/mol. The lowest BCUT2D eigenvalue weighted by atomic mass is 10.1. The second kappa shape index (κ2) is 6.67. The normalized spacial score (nSPS) is 11.6. The second-order valence-electron chi connectivity index (χ2n) is 7.45. The molecule has 7 nitrogen and oxygen atoms in total. The van der Waals surface area contributed by atoms with Crippen molar-refractivity contribution in [3.8, 4) is 34.6 Å². The largest absolute Gasteiger partial charge is 0.497 e. The molecule has 146 valence electrons. The summed E-state index contributed by atoms with van der Waals surface area (Å²) in [5.41, 5.74) is 3.19. The van der Waals surface area contributed by atoms with Gasteiger partial charge >= 0.3 is 0 Å². The average molecular weight is 387 g/mol. The van der Waals surface area contributed by atoms with E-state index in [1.807, 2.05) is 37.3 Å². The van der Waals surface area contributed by atoms with Gasteiger partial charge in [-0.15, -0.1) is 0 Å². The second-order valence-corrected chi connectivity index (χ2v) is 7.45. The van der Waals surface area contributed by atoms with E-state index >= 15 is 0 Å². The zero-order chi connectivity index (χ0) is 20.8. The van der Waals surface area contributed by atoms with Gasteiger partial charge in [-0.3, -0.25) is 9.25 Å². The van der Waals surface area contributed by atoms with Gasteiger partial charge in [-0.1, -0.05) is 12.1 Å². The van der Waals surface area contributed by atoms with Gasteiger partial charge in [0.2, 0.25) is 5.88 Å². The Bertz CT molecular complexity index is 1260. The molecule has 0 saturated heterocycles. The zero-order valence-electron chi connectivity index (χ0n) is 16.7. The maximum atomic E-state index is 10.8. The Labute approximate surface area is 168 Å². The molecule has 1 N–H and O–H groups in total. The summed E-state index contributed by atoms with van der Waals surface area (Å²) in [7, 11) is 1.63. The molecule has 0 fully saturated rings. The SMILES string of the molecule is COc1cccc(-c2cc(C)c3c(O)n(-c4cnn(C(C)(C)C#N)c4)cc3n2)c1. The molecule has 3 aromatic heterocycles. The molecule has 7 heteroatoms. The lowest BCUT2D eigenvalue weighted by Gasteiger charge is -2.15. The molecule has 0 atom stereocenters. The molecule has 3 heterocycles. The summed E-state index contributed by atoms with van der Waals surface area (Å²) in [6, 6.07) is 11.9. The van der Waals surface area contributed by atoms with Crippen LogP contribution in [0.3, 0.4) is 0 Å². The van der Waals surface area contributed by atoms with Crippen molar-refractivity contribution in [1.29, 1.82) is 5.26 Å². The van der Waals surface area contributed by atoms with Crippen LogP contribution in [0.15, 0.2) is 48.9 Å². The minimum absolute atomic E-state index is 0.0940. The van der Waals surface area contributed by atoms with E-state index in [-0.39, 0.29) is 5.88 Å². The van der Waals surface area contributed by atoms with E-state index in [9.17, 15) is 10.4 Å². The Kier molecular flexibility index (Phi) is 4.27. The standard InChI is InChI=1S/C22H21N5O2/c1-14-8-18(15-6-5-7-17(9-15)29-4)25-19-12-26(21(28)20(14)19)16-10-24-27(11-16)22(2,3)13-23/h5-12,28H,1-4H3. The fraction of sp³-hybridized carbons (Fsp3) is 0.227. The molecule has 0 amide bonds. The van der Waals surface area contributed by atoms with Crippen LogP contribution in [0.25, 0.3) is 27.8 Å². The molecule has 0 aliphatic carbocycles. The van der Waals surface area contributed by atoms with E-state index < -0.39 is 5.54 Å². The highest BCUT2D eigenvalue weighted by molar-refractivity contribution is 5.90. The molecule has 0 radical (unpaired) electrons. The molecule has 4 rings (SSSR count). The Hall–Kier alpha value is -3.79. The highest BCUT2D eigenvalue weighted by Gasteiger charge is 2.22. The summed E-state index contributed by atoms with van der Waals surface area (Å²) < 4.78 is 8.52. The first-order valence-corrected chi connectivity index (χ1v) is 9.17. The van der Waals surface area contributed by atoms with Crippen molar-refractivity contribution in [1.82, 2.24) is 19.3 Å². The Morgan fingerprint density at radius 2 is 2.00 bits per heavy atom. The van der Waals surface area contributed by atoms with Gasteiger partial charge in [0.1, 0.15) is 11.3 Å². The van der Waals surface area contributed by atoms with Gasteiger partial charge in [0.05, 0.1) is 47.9 Å². The first-order chi connectivity index (χ1) is 13.8. The van der Waals surface area contributed by atoms with Gasteiger partial charge in [-0.2, -0.15) is 10.4 Å². The zero-order valence-corrected chi connectivity index (χ0v) is 16.7. The number of pyridine rings is 1. The Morgan fingerprint density at radius 3 is 2.72 bits per heavy atom. The predicted octanol–water partition coefficient (Wildman–Crippen LogP) is 4.17. The number of ether oxygens (including phenoxy) is 1. The predicted molar refractivity (Wildman–Crippen MR) is 110 cm³/mol. The number of methoxy groups -OCH3 is 1. The van der Waals surface area contributed by atoms with Crippen LogP contribution < -0.4 is 4.74 Å². The molecule has 0 unspecified atom stereocenters. The smallest absolute Gasteiger partial charge is 0.205 e. The molecular formula is C22H21N5O2. The number of nitrogens with zero attached hydrogens (tertiary/aromatic N) is 5. The summed E-state index contributed by atoms with van der Waals surface area (Å²) in [4.78, 5) is 4.74. The molecule has 0 spiro atoms. The van der Waals surface area contributed by atoms with Crippen LogP contribution in [0.2, 0.25) is 0 Å². The number of benzene rings is 1. The Balaban J connectivity index is 1.84. The summed E-state index contributed by atoms with van der Waals surface area (Å²) in [6.45, 7) is 5.50. The van der Waals surface area contributed by atoms with E-state index in [1.54, 1.807) is 48.8 Å². The van der Waals surface area contributed by atoms with Crippen molar-refractivity contribution in [3.05, 3.63) is 54.5 Å². The van der Waals surface area contributed by atoms with Crippen molar-refractivity contribution in [2.45, 2.75) is 26.3 Å². The van der Waals surface area contributed by atoms with E-state index in [0.717, 1.165) is 22.6 Å². The maximum Gasteiger partial charge on any atom is 0.205 e. The quantitative estimate of drug-likeness (QED) is 0.568. The van der Waals surface area contributed by atoms with Crippen LogP contribution in [-0.4, -0.2) is 31.5 Å². The highest BCUT2D eigenvalue weighted by atomic mass is 16.5. The lowest BCUT2D eigenvalue weighted by molar-refractivity contribution is 0.415. The van der Waals surface area contributed by atoms with E-state index in [1.165, 1.54) is 0 Å². The van der Waals surface area contributed by atoms with Gasteiger partial charge < -0.3 is 9.84 Å². The first-order valence-electron chi connectivity index (χ1n) is 9.17. The van der Waals surface area contributed by atoms with E-state index in [4.69, 9.17) is 9.72 Å². The number of hydrogen-bond donors (Lipinski definition) is 1. The summed E-state index contributed by atoms with van der Waals surface area (Å²) in [5, 5.41) is 25.1. The highest BCUT2D eigenvalue weighted by Crippen LogP contribution is 2.34. The maximum absolute atomic E-state index is 10.8. The van der Waals surface area contributed by atoms with Crippen LogP contribution in [-0.2, 0) is 5.54 Å². The van der Waals surface area contributed by atoms with Crippen molar-refractivity contribution in [2.75, 3.05) is 7.11 Å². The van der Waals surface area contributed by atoms with Gasteiger partial charge in [0.15, 0.2) is 0 Å². The van der Waals surface area contributed by atoms with Gasteiger partial charge in [0, 0.05) is 11.8 Å². The molecule has 4 aromatic rings. The number of rotatable bonds is 4. The van der Waals surface area contributed by atoms with Crippen LogP contribution in [0, 0.1) is 18.3 Å².